The second-order valence-electron chi connectivity index (χ2n) is 3.92. The molecule has 0 saturated carbocycles. The number of aryl methyl sites for hydroxylation is 1. The van der Waals surface area contributed by atoms with Crippen molar-refractivity contribution in [2.75, 3.05) is 7.05 Å². The first-order chi connectivity index (χ1) is 8.08. The van der Waals surface area contributed by atoms with Crippen LogP contribution in [0.1, 0.15) is 20.9 Å². The van der Waals surface area contributed by atoms with E-state index in [0.717, 1.165) is 4.47 Å². The second-order valence-corrected chi connectivity index (χ2v) is 5.84. The lowest BCUT2D eigenvalue weighted by molar-refractivity contribution is 0.0781. The Labute approximate surface area is 113 Å². The van der Waals surface area contributed by atoms with Gasteiger partial charge in [-0.15, -0.1) is 11.3 Å². The first-order valence-electron chi connectivity index (χ1n) is 5.20. The van der Waals surface area contributed by atoms with Crippen LogP contribution in [0.3, 0.4) is 0 Å². The van der Waals surface area contributed by atoms with Gasteiger partial charge in [0.2, 0.25) is 0 Å². The number of aromatic nitrogens is 1. The van der Waals surface area contributed by atoms with Crippen LogP contribution < -0.4 is 0 Å². The molecule has 3 nitrogen and oxygen atoms in total. The van der Waals surface area contributed by atoms with E-state index in [9.17, 15) is 4.79 Å². The van der Waals surface area contributed by atoms with E-state index >= 15 is 0 Å². The van der Waals surface area contributed by atoms with Gasteiger partial charge in [0.1, 0.15) is 5.69 Å². The molecule has 0 aliphatic rings. The van der Waals surface area contributed by atoms with E-state index in [1.54, 1.807) is 28.5 Å². The third kappa shape index (κ3) is 2.79. The van der Waals surface area contributed by atoms with Crippen molar-refractivity contribution in [3.63, 3.8) is 0 Å². The molecule has 0 aliphatic carbocycles. The summed E-state index contributed by atoms with van der Waals surface area (Å²) >= 11 is 5.00. The van der Waals surface area contributed by atoms with Crippen molar-refractivity contribution in [1.82, 2.24) is 9.88 Å². The largest absolute Gasteiger partial charge is 0.356 e. The second kappa shape index (κ2) is 5.06. The van der Waals surface area contributed by atoms with Crippen LogP contribution in [0.5, 0.6) is 0 Å². The zero-order chi connectivity index (χ0) is 12.4. The number of carbonyl (C=O) groups is 1. The number of thiophene rings is 1. The molecular weight excluding hydrogens is 300 g/mol. The smallest absolute Gasteiger partial charge is 0.270 e. The molecule has 1 N–H and O–H groups in total. The molecule has 17 heavy (non-hydrogen) atoms. The van der Waals surface area contributed by atoms with Gasteiger partial charge >= 0.3 is 0 Å². The maximum atomic E-state index is 12.1. The summed E-state index contributed by atoms with van der Waals surface area (Å²) in [5.74, 6) is 0.00324. The molecule has 0 radical (unpaired) electrons. The first kappa shape index (κ1) is 12.4. The molecule has 0 bridgehead atoms. The number of aromatic amines is 1. The van der Waals surface area contributed by atoms with Gasteiger partial charge in [0, 0.05) is 22.6 Å². The van der Waals surface area contributed by atoms with Gasteiger partial charge < -0.3 is 9.88 Å². The third-order valence-corrected chi connectivity index (χ3v) is 4.04. The van der Waals surface area contributed by atoms with Gasteiger partial charge in [-0.25, -0.2) is 0 Å². The molecule has 0 unspecified atom stereocenters. The maximum Gasteiger partial charge on any atom is 0.270 e. The Morgan fingerprint density at radius 3 is 2.88 bits per heavy atom. The Kier molecular flexibility index (Phi) is 3.69. The van der Waals surface area contributed by atoms with Crippen LogP contribution >= 0.6 is 27.3 Å². The highest BCUT2D eigenvalue weighted by Gasteiger charge is 2.14. The summed E-state index contributed by atoms with van der Waals surface area (Å²) in [5, 5.41) is 2.05. The Hall–Kier alpha value is -1.07. The monoisotopic (exact) mass is 312 g/mol. The molecule has 0 aliphatic heterocycles. The molecule has 90 valence electrons. The maximum absolute atomic E-state index is 12.1. The van der Waals surface area contributed by atoms with Gasteiger partial charge in [0.05, 0.1) is 6.54 Å². The number of hydrogen-bond acceptors (Lipinski definition) is 2. The fourth-order valence-corrected chi connectivity index (χ4v) is 2.85. The van der Waals surface area contributed by atoms with Crippen LogP contribution in [0.15, 0.2) is 28.2 Å². The summed E-state index contributed by atoms with van der Waals surface area (Å²) in [6, 6.07) is 3.86. The molecular formula is C12H13BrN2OS. The summed E-state index contributed by atoms with van der Waals surface area (Å²) in [6.07, 6.45) is 1.76. The molecule has 1 amide bonds. The van der Waals surface area contributed by atoms with Crippen LogP contribution in [0, 0.1) is 6.92 Å². The Morgan fingerprint density at radius 1 is 1.59 bits per heavy atom. The van der Waals surface area contributed by atoms with Crippen molar-refractivity contribution in [2.45, 2.75) is 13.5 Å². The number of hydrogen-bond donors (Lipinski definition) is 1. The summed E-state index contributed by atoms with van der Waals surface area (Å²) in [7, 11) is 1.82. The predicted molar refractivity (Wildman–Crippen MR) is 73.3 cm³/mol. The molecule has 0 aromatic carbocycles. The number of carbonyl (C=O) groups excluding carboxylic acids is 1. The van der Waals surface area contributed by atoms with Gasteiger partial charge in [0.25, 0.3) is 5.91 Å². The average molecular weight is 313 g/mol. The topological polar surface area (TPSA) is 36.1 Å². The zero-order valence-corrected chi connectivity index (χ0v) is 12.1. The lowest BCUT2D eigenvalue weighted by Gasteiger charge is -2.15. The summed E-state index contributed by atoms with van der Waals surface area (Å²) in [6.45, 7) is 2.72. The van der Waals surface area contributed by atoms with Gasteiger partial charge in [-0.2, -0.15) is 0 Å². The van der Waals surface area contributed by atoms with Crippen LogP contribution in [-0.2, 0) is 6.54 Å². The quantitative estimate of drug-likeness (QED) is 0.926. The fraction of sp³-hybridized carbons (Fsp3) is 0.250. The number of nitrogens with zero attached hydrogens (tertiary/aromatic N) is 1. The molecule has 2 aromatic heterocycles. The molecule has 0 saturated heterocycles. The molecule has 2 rings (SSSR count). The van der Waals surface area contributed by atoms with Crippen molar-refractivity contribution < 1.29 is 4.79 Å². The molecule has 2 heterocycles. The summed E-state index contributed by atoms with van der Waals surface area (Å²) < 4.78 is 0.890. The van der Waals surface area contributed by atoms with Crippen molar-refractivity contribution >= 4 is 33.2 Å². The van der Waals surface area contributed by atoms with Crippen molar-refractivity contribution in [1.29, 1.82) is 0 Å². The zero-order valence-electron chi connectivity index (χ0n) is 9.66. The minimum absolute atomic E-state index is 0.00324. The minimum atomic E-state index is 0.00324. The lowest BCUT2D eigenvalue weighted by Crippen LogP contribution is -2.26. The number of halogens is 1. The van der Waals surface area contributed by atoms with Crippen LogP contribution in [0.25, 0.3) is 0 Å². The van der Waals surface area contributed by atoms with Crippen LogP contribution in [0.4, 0.5) is 0 Å². The van der Waals surface area contributed by atoms with E-state index < -0.39 is 0 Å². The third-order valence-electron chi connectivity index (χ3n) is 2.57. The Morgan fingerprint density at radius 2 is 2.35 bits per heavy atom. The highest BCUT2D eigenvalue weighted by Crippen LogP contribution is 2.19. The van der Waals surface area contributed by atoms with Crippen molar-refractivity contribution in [3.8, 4) is 0 Å². The van der Waals surface area contributed by atoms with E-state index in [2.05, 4.69) is 33.9 Å². The number of nitrogens with one attached hydrogen (secondary N) is 1. The highest BCUT2D eigenvalue weighted by molar-refractivity contribution is 9.10. The van der Waals surface area contributed by atoms with E-state index in [4.69, 9.17) is 0 Å². The SMILES string of the molecule is Cc1ccsc1CN(C)C(=O)c1cc(Br)c[nH]1. The van der Waals surface area contributed by atoms with Crippen molar-refractivity contribution in [3.05, 3.63) is 44.3 Å². The first-order valence-corrected chi connectivity index (χ1v) is 6.87. The molecule has 0 atom stereocenters. The van der Waals surface area contributed by atoms with E-state index in [0.29, 0.717) is 12.2 Å². The fourth-order valence-electron chi connectivity index (χ4n) is 1.55. The number of H-pyrrole nitrogens is 1. The van der Waals surface area contributed by atoms with Gasteiger partial charge in [0.15, 0.2) is 0 Å². The average Bonchev–Trinajstić information content (AvgIpc) is 2.88. The van der Waals surface area contributed by atoms with Crippen LogP contribution in [-0.4, -0.2) is 22.8 Å². The number of rotatable bonds is 3. The minimum Gasteiger partial charge on any atom is -0.356 e. The Bertz CT molecular complexity index is 532. The van der Waals surface area contributed by atoms with Crippen molar-refractivity contribution in [2.24, 2.45) is 0 Å². The van der Waals surface area contributed by atoms with Gasteiger partial charge in [-0.3, -0.25) is 4.79 Å². The molecule has 0 fully saturated rings. The molecule has 5 heteroatoms. The number of amides is 1. The highest BCUT2D eigenvalue weighted by atomic mass is 79.9. The van der Waals surface area contributed by atoms with Gasteiger partial charge in [-0.05, 0) is 45.9 Å². The normalized spacial score (nSPS) is 10.5. The lowest BCUT2D eigenvalue weighted by atomic mass is 10.2. The van der Waals surface area contributed by atoms with E-state index in [1.807, 2.05) is 12.4 Å². The van der Waals surface area contributed by atoms with E-state index in [1.165, 1.54) is 10.4 Å². The summed E-state index contributed by atoms with van der Waals surface area (Å²) in [4.78, 5) is 18.0. The molecule has 0 spiro atoms. The van der Waals surface area contributed by atoms with Gasteiger partial charge in [-0.1, -0.05) is 0 Å². The predicted octanol–water partition coefficient (Wildman–Crippen LogP) is 3.42. The van der Waals surface area contributed by atoms with E-state index in [-0.39, 0.29) is 5.91 Å². The Balaban J connectivity index is 2.08. The standard InChI is InChI=1S/C12H13BrN2OS/c1-8-3-4-17-11(8)7-15(2)12(16)10-5-9(13)6-14-10/h3-6,14H,7H2,1-2H3. The molecule has 2 aromatic rings. The summed E-state index contributed by atoms with van der Waals surface area (Å²) in [5.41, 5.74) is 1.84. The van der Waals surface area contributed by atoms with Crippen LogP contribution in [0.2, 0.25) is 0 Å².